The lowest BCUT2D eigenvalue weighted by Crippen LogP contribution is -2.50. The molecule has 9 heteroatoms. The number of carboxylic acid groups (broad SMARTS) is 1. The second-order valence-corrected chi connectivity index (χ2v) is 7.03. The molecule has 0 spiro atoms. The maximum atomic E-state index is 10.6. The van der Waals surface area contributed by atoms with Crippen molar-refractivity contribution < 1.29 is 32.2 Å². The Bertz CT molecular complexity index is 731. The number of carboxylic acids is 1. The quantitative estimate of drug-likeness (QED) is 0.852. The van der Waals surface area contributed by atoms with Gasteiger partial charge in [0.25, 0.3) is 0 Å². The minimum atomic E-state index is -5.08. The fourth-order valence-electron chi connectivity index (χ4n) is 3.91. The Kier molecular flexibility index (Phi) is 6.46. The summed E-state index contributed by atoms with van der Waals surface area (Å²) in [6, 6.07) is 6.82. The minimum Gasteiger partial charge on any atom is -0.475 e. The molecule has 4 rings (SSSR count). The van der Waals surface area contributed by atoms with E-state index in [1.807, 2.05) is 6.26 Å². The van der Waals surface area contributed by atoms with Crippen molar-refractivity contribution in [2.75, 3.05) is 13.2 Å². The number of aromatic nitrogens is 1. The second-order valence-electron chi connectivity index (χ2n) is 7.03. The normalized spacial score (nSPS) is 25.0. The first-order valence-corrected chi connectivity index (χ1v) is 9.12. The van der Waals surface area contributed by atoms with Gasteiger partial charge in [0.1, 0.15) is 0 Å². The molecule has 28 heavy (non-hydrogen) atoms. The number of hydrogen-bond acceptors (Lipinski definition) is 4. The number of hydrogen-bond donors (Lipinski definition) is 1. The number of furan rings is 1. The zero-order chi connectivity index (χ0) is 20.1. The molecule has 3 atom stereocenters. The van der Waals surface area contributed by atoms with Gasteiger partial charge in [-0.15, -0.1) is 0 Å². The topological polar surface area (TPSA) is 67.8 Å². The lowest BCUT2D eigenvalue weighted by atomic mass is 10.0. The molecule has 1 aliphatic heterocycles. The molecule has 2 aliphatic rings. The van der Waals surface area contributed by atoms with Crippen molar-refractivity contribution in [3.8, 4) is 0 Å². The third kappa shape index (κ3) is 5.17. The first-order valence-electron chi connectivity index (χ1n) is 9.12. The van der Waals surface area contributed by atoms with Crippen molar-refractivity contribution in [3.05, 3.63) is 48.7 Å². The molecule has 1 N–H and O–H groups in total. The van der Waals surface area contributed by atoms with E-state index < -0.39 is 12.1 Å². The van der Waals surface area contributed by atoms with Gasteiger partial charge in [-0.2, -0.15) is 13.2 Å². The van der Waals surface area contributed by atoms with Crippen molar-refractivity contribution in [1.29, 1.82) is 0 Å². The first-order chi connectivity index (χ1) is 13.3. The number of carbonyl (C=O) groups is 1. The van der Waals surface area contributed by atoms with Gasteiger partial charge in [-0.3, -0.25) is 4.90 Å². The van der Waals surface area contributed by atoms with E-state index in [2.05, 4.69) is 40.1 Å². The van der Waals surface area contributed by atoms with E-state index in [0.29, 0.717) is 18.1 Å². The number of aliphatic carboxylic acids is 1. The van der Waals surface area contributed by atoms with E-state index in [1.54, 1.807) is 6.26 Å². The summed E-state index contributed by atoms with van der Waals surface area (Å²) in [7, 11) is 0. The maximum absolute atomic E-state index is 10.6. The lowest BCUT2D eigenvalue weighted by Gasteiger charge is -2.39. The smallest absolute Gasteiger partial charge is 0.475 e. The lowest BCUT2D eigenvalue weighted by molar-refractivity contribution is -0.192. The average molecular weight is 400 g/mol. The van der Waals surface area contributed by atoms with E-state index in [0.717, 1.165) is 26.2 Å². The van der Waals surface area contributed by atoms with Crippen LogP contribution in [0.1, 0.15) is 18.4 Å². The van der Waals surface area contributed by atoms with Crippen LogP contribution in [-0.4, -0.2) is 52.0 Å². The van der Waals surface area contributed by atoms with Crippen LogP contribution in [0.5, 0.6) is 0 Å². The van der Waals surface area contributed by atoms with Gasteiger partial charge in [0.2, 0.25) is 0 Å². The Balaban J connectivity index is 0.000000279. The highest BCUT2D eigenvalue weighted by Crippen LogP contribution is 2.36. The van der Waals surface area contributed by atoms with Gasteiger partial charge in [0, 0.05) is 49.6 Å². The molecule has 1 aliphatic carbocycles. The minimum absolute atomic E-state index is 0.382. The van der Waals surface area contributed by atoms with Gasteiger partial charge >= 0.3 is 12.1 Å². The van der Waals surface area contributed by atoms with Gasteiger partial charge < -0.3 is 18.8 Å². The van der Waals surface area contributed by atoms with Crippen molar-refractivity contribution in [2.24, 2.45) is 5.92 Å². The van der Waals surface area contributed by atoms with E-state index in [9.17, 15) is 13.2 Å². The number of fused-ring (bicyclic) bond motifs is 1. The van der Waals surface area contributed by atoms with Crippen molar-refractivity contribution >= 4 is 5.97 Å². The molecule has 2 aromatic rings. The molecule has 154 valence electrons. The number of ether oxygens (including phenoxy) is 1. The molecule has 6 nitrogen and oxygen atoms in total. The van der Waals surface area contributed by atoms with Crippen LogP contribution in [0.15, 0.2) is 47.5 Å². The van der Waals surface area contributed by atoms with Gasteiger partial charge in [-0.25, -0.2) is 4.79 Å². The molecule has 0 bridgehead atoms. The predicted octanol–water partition coefficient (Wildman–Crippen LogP) is 3.39. The van der Waals surface area contributed by atoms with Crippen LogP contribution >= 0.6 is 0 Å². The highest BCUT2D eigenvalue weighted by atomic mass is 19.4. The van der Waals surface area contributed by atoms with E-state index in [1.165, 1.54) is 18.4 Å². The van der Waals surface area contributed by atoms with E-state index >= 15 is 0 Å². The third-order valence-corrected chi connectivity index (χ3v) is 5.15. The van der Waals surface area contributed by atoms with Crippen LogP contribution < -0.4 is 0 Å². The molecule has 1 saturated heterocycles. The van der Waals surface area contributed by atoms with E-state index in [-0.39, 0.29) is 0 Å². The highest BCUT2D eigenvalue weighted by Gasteiger charge is 2.42. The molecule has 2 fully saturated rings. The number of morpholine rings is 1. The molecule has 1 saturated carbocycles. The second kappa shape index (κ2) is 8.83. The van der Waals surface area contributed by atoms with Gasteiger partial charge in [0.15, 0.2) is 0 Å². The highest BCUT2D eigenvalue weighted by molar-refractivity contribution is 5.73. The molecule has 3 unspecified atom stereocenters. The van der Waals surface area contributed by atoms with Crippen molar-refractivity contribution in [1.82, 2.24) is 9.47 Å². The van der Waals surface area contributed by atoms with Gasteiger partial charge in [0.05, 0.1) is 25.2 Å². The number of alkyl halides is 3. The average Bonchev–Trinajstić information content (AvgIpc) is 3.38. The summed E-state index contributed by atoms with van der Waals surface area (Å²) >= 11 is 0. The van der Waals surface area contributed by atoms with Crippen LogP contribution in [0.2, 0.25) is 0 Å². The van der Waals surface area contributed by atoms with Crippen molar-refractivity contribution in [3.63, 3.8) is 0 Å². The molecule has 3 heterocycles. The predicted molar refractivity (Wildman–Crippen MR) is 93.5 cm³/mol. The fourth-order valence-corrected chi connectivity index (χ4v) is 3.91. The van der Waals surface area contributed by atoms with Gasteiger partial charge in [-0.1, -0.05) is 0 Å². The molecule has 0 amide bonds. The Morgan fingerprint density at radius 3 is 2.57 bits per heavy atom. The molecule has 2 aromatic heterocycles. The Morgan fingerprint density at radius 2 is 1.96 bits per heavy atom. The number of rotatable bonds is 4. The van der Waals surface area contributed by atoms with E-state index in [4.69, 9.17) is 19.1 Å². The number of nitrogens with zero attached hydrogens (tertiary/aromatic N) is 2. The Hall–Kier alpha value is -2.26. The monoisotopic (exact) mass is 400 g/mol. The standard InChI is InChI=1S/C17H22N2O2.C2HF3O2/c1-2-7-18(6-1)12-15-3-4-16-17(15)21-10-8-19(16)11-14-5-9-20-13-14;3-2(4,5)1(6)7/h1-2,5-7,9,13,15-17H,3-4,8,10-12H2;(H,6,7). The summed E-state index contributed by atoms with van der Waals surface area (Å²) in [5.41, 5.74) is 1.27. The Labute approximate surface area is 160 Å². The molecule has 0 aromatic carbocycles. The van der Waals surface area contributed by atoms with Crippen molar-refractivity contribution in [2.45, 2.75) is 44.3 Å². The summed E-state index contributed by atoms with van der Waals surface area (Å²) < 4.78 is 45.4. The third-order valence-electron chi connectivity index (χ3n) is 5.15. The van der Waals surface area contributed by atoms with Crippen LogP contribution in [0.25, 0.3) is 0 Å². The van der Waals surface area contributed by atoms with Crippen LogP contribution in [0.3, 0.4) is 0 Å². The molecular weight excluding hydrogens is 377 g/mol. The Morgan fingerprint density at radius 1 is 1.25 bits per heavy atom. The SMILES string of the molecule is O=C(O)C(F)(F)F.c1ccn(CC2CCC3C2OCCN3Cc2ccoc2)c1. The van der Waals surface area contributed by atoms with Crippen LogP contribution in [0, 0.1) is 5.92 Å². The number of halogens is 3. The summed E-state index contributed by atoms with van der Waals surface area (Å²) in [5.74, 6) is -2.12. The summed E-state index contributed by atoms with van der Waals surface area (Å²) in [6.07, 6.45) is 5.73. The maximum Gasteiger partial charge on any atom is 0.490 e. The summed E-state index contributed by atoms with van der Waals surface area (Å²) in [6.45, 7) is 3.94. The van der Waals surface area contributed by atoms with Crippen LogP contribution in [0.4, 0.5) is 13.2 Å². The fraction of sp³-hybridized carbons (Fsp3) is 0.526. The zero-order valence-corrected chi connectivity index (χ0v) is 15.2. The molecule has 0 radical (unpaired) electrons. The molecular formula is C19H23F3N2O4. The summed E-state index contributed by atoms with van der Waals surface area (Å²) in [5, 5.41) is 7.12. The zero-order valence-electron chi connectivity index (χ0n) is 15.2. The van der Waals surface area contributed by atoms with Crippen LogP contribution in [-0.2, 0) is 22.6 Å². The van der Waals surface area contributed by atoms with Gasteiger partial charge in [-0.05, 0) is 31.0 Å². The largest absolute Gasteiger partial charge is 0.490 e. The summed E-state index contributed by atoms with van der Waals surface area (Å²) in [4.78, 5) is 11.5. The first kappa shape index (κ1) is 20.5.